The van der Waals surface area contributed by atoms with Crippen molar-refractivity contribution in [1.82, 2.24) is 14.4 Å². The number of hydrogen-bond donors (Lipinski definition) is 1. The van der Waals surface area contributed by atoms with Crippen LogP contribution in [-0.4, -0.2) is 50.9 Å². The van der Waals surface area contributed by atoms with Gasteiger partial charge in [-0.05, 0) is 36.5 Å². The van der Waals surface area contributed by atoms with E-state index < -0.39 is 0 Å². The molecular weight excluding hydrogens is 361 g/mol. The van der Waals surface area contributed by atoms with Crippen molar-refractivity contribution in [2.24, 2.45) is 5.92 Å². The average molecular weight is 383 g/mol. The van der Waals surface area contributed by atoms with Gasteiger partial charge in [-0.3, -0.25) is 9.59 Å². The summed E-state index contributed by atoms with van der Waals surface area (Å²) < 4.78 is 14.9. The number of halogens is 1. The number of benzene rings is 1. The third-order valence-corrected chi connectivity index (χ3v) is 6.01. The SMILES string of the molecule is O=C1c2c(O)c3n(c2CCN1CC1CC1)CCN(Cc1ccc(F)cc1)C3=O. The number of nitrogens with zero attached hydrogens (tertiary/aromatic N) is 3. The van der Waals surface area contributed by atoms with Gasteiger partial charge in [-0.25, -0.2) is 4.39 Å². The first-order valence-corrected chi connectivity index (χ1v) is 9.80. The van der Waals surface area contributed by atoms with Gasteiger partial charge in [-0.15, -0.1) is 0 Å². The van der Waals surface area contributed by atoms with Crippen LogP contribution in [0.3, 0.4) is 0 Å². The van der Waals surface area contributed by atoms with Crippen molar-refractivity contribution in [3.63, 3.8) is 0 Å². The zero-order valence-corrected chi connectivity index (χ0v) is 15.5. The van der Waals surface area contributed by atoms with E-state index in [2.05, 4.69) is 0 Å². The lowest BCUT2D eigenvalue weighted by molar-refractivity contribution is 0.0681. The Labute approximate surface area is 162 Å². The largest absolute Gasteiger partial charge is 0.505 e. The fraction of sp³-hybridized carbons (Fsp3) is 0.429. The van der Waals surface area contributed by atoms with Crippen LogP contribution in [0.5, 0.6) is 5.75 Å². The molecule has 2 aliphatic heterocycles. The second-order valence-electron chi connectivity index (χ2n) is 7.97. The number of carbonyl (C=O) groups is 2. The Bertz CT molecular complexity index is 962. The summed E-state index contributed by atoms with van der Waals surface area (Å²) in [5.41, 5.74) is 2.11. The second-order valence-corrected chi connectivity index (χ2v) is 7.97. The first kappa shape index (κ1) is 17.3. The molecule has 0 saturated heterocycles. The van der Waals surface area contributed by atoms with E-state index in [1.165, 1.54) is 12.1 Å². The van der Waals surface area contributed by atoms with Crippen LogP contribution in [0.25, 0.3) is 0 Å². The summed E-state index contributed by atoms with van der Waals surface area (Å²) in [4.78, 5) is 29.4. The molecule has 1 aromatic carbocycles. The molecule has 1 aliphatic carbocycles. The second kappa shape index (κ2) is 6.36. The fourth-order valence-corrected chi connectivity index (χ4v) is 4.32. The minimum absolute atomic E-state index is 0.162. The molecule has 7 heteroatoms. The number of rotatable bonds is 4. The molecule has 28 heavy (non-hydrogen) atoms. The maximum atomic E-state index is 13.1. The van der Waals surface area contributed by atoms with E-state index in [0.717, 1.165) is 30.6 Å². The lowest BCUT2D eigenvalue weighted by atomic mass is 10.1. The van der Waals surface area contributed by atoms with Gasteiger partial charge in [-0.2, -0.15) is 0 Å². The first-order chi connectivity index (χ1) is 13.5. The predicted octanol–water partition coefficient (Wildman–Crippen LogP) is 2.40. The number of carbonyl (C=O) groups excluding carboxylic acids is 2. The van der Waals surface area contributed by atoms with E-state index in [-0.39, 0.29) is 29.1 Å². The number of fused-ring (bicyclic) bond motifs is 3. The lowest BCUT2D eigenvalue weighted by Crippen LogP contribution is -2.41. The molecule has 0 spiro atoms. The molecule has 146 valence electrons. The Kier molecular flexibility index (Phi) is 3.92. The van der Waals surface area contributed by atoms with E-state index in [4.69, 9.17) is 0 Å². The van der Waals surface area contributed by atoms with E-state index in [1.807, 2.05) is 9.47 Å². The molecule has 6 nitrogen and oxygen atoms in total. The third-order valence-electron chi connectivity index (χ3n) is 6.01. The van der Waals surface area contributed by atoms with Crippen molar-refractivity contribution >= 4 is 11.8 Å². The van der Waals surface area contributed by atoms with Gasteiger partial charge < -0.3 is 19.5 Å². The summed E-state index contributed by atoms with van der Waals surface area (Å²) in [6, 6.07) is 6.05. The van der Waals surface area contributed by atoms with E-state index >= 15 is 0 Å². The molecule has 1 fully saturated rings. The van der Waals surface area contributed by atoms with Crippen LogP contribution >= 0.6 is 0 Å². The van der Waals surface area contributed by atoms with Gasteiger partial charge in [0.1, 0.15) is 11.4 Å². The summed E-state index contributed by atoms with van der Waals surface area (Å²) in [7, 11) is 0. The molecule has 3 heterocycles. The molecule has 1 saturated carbocycles. The smallest absolute Gasteiger partial charge is 0.274 e. The molecule has 3 aliphatic rings. The van der Waals surface area contributed by atoms with Gasteiger partial charge >= 0.3 is 0 Å². The van der Waals surface area contributed by atoms with Gasteiger partial charge in [-0.1, -0.05) is 12.1 Å². The summed E-state index contributed by atoms with van der Waals surface area (Å²) >= 11 is 0. The van der Waals surface area contributed by atoms with Crippen molar-refractivity contribution < 1.29 is 19.1 Å². The maximum Gasteiger partial charge on any atom is 0.274 e. The number of aromatic hydroxyl groups is 1. The standard InChI is InChI=1S/C21H22FN3O3/c22-15-5-3-14(4-6-15)12-24-9-10-25-16-7-8-23(11-13-1-2-13)20(27)17(16)19(26)18(25)21(24)28/h3-6,13,26H,1-2,7-12H2. The van der Waals surface area contributed by atoms with Gasteiger partial charge in [0.2, 0.25) is 0 Å². The highest BCUT2D eigenvalue weighted by molar-refractivity contribution is 6.05. The zero-order chi connectivity index (χ0) is 19.4. The molecule has 0 atom stereocenters. The molecular formula is C21H22FN3O3. The predicted molar refractivity (Wildman–Crippen MR) is 99.6 cm³/mol. The molecule has 0 bridgehead atoms. The Hall–Kier alpha value is -2.83. The van der Waals surface area contributed by atoms with E-state index in [1.54, 1.807) is 17.0 Å². The zero-order valence-electron chi connectivity index (χ0n) is 15.5. The van der Waals surface area contributed by atoms with Crippen LogP contribution in [0.4, 0.5) is 4.39 Å². The molecule has 2 amide bonds. The van der Waals surface area contributed by atoms with Crippen LogP contribution in [0, 0.1) is 11.7 Å². The van der Waals surface area contributed by atoms with E-state index in [0.29, 0.717) is 44.1 Å². The summed E-state index contributed by atoms with van der Waals surface area (Å²) in [6.45, 7) is 2.75. The molecule has 2 aromatic rings. The maximum absolute atomic E-state index is 13.1. The van der Waals surface area contributed by atoms with Gasteiger partial charge in [0.05, 0.1) is 0 Å². The monoisotopic (exact) mass is 383 g/mol. The molecule has 0 unspecified atom stereocenters. The van der Waals surface area contributed by atoms with Crippen LogP contribution in [-0.2, 0) is 19.5 Å². The summed E-state index contributed by atoms with van der Waals surface area (Å²) in [5.74, 6) is -0.372. The van der Waals surface area contributed by atoms with Crippen molar-refractivity contribution in [2.75, 3.05) is 19.6 Å². The Morgan fingerprint density at radius 2 is 1.75 bits per heavy atom. The van der Waals surface area contributed by atoms with Crippen LogP contribution < -0.4 is 0 Å². The first-order valence-electron chi connectivity index (χ1n) is 9.80. The topological polar surface area (TPSA) is 65.8 Å². The molecule has 1 aromatic heterocycles. The molecule has 1 N–H and O–H groups in total. The van der Waals surface area contributed by atoms with Crippen molar-refractivity contribution in [1.29, 1.82) is 0 Å². The van der Waals surface area contributed by atoms with Crippen molar-refractivity contribution in [3.05, 3.63) is 52.6 Å². The van der Waals surface area contributed by atoms with Crippen LogP contribution in [0.2, 0.25) is 0 Å². The van der Waals surface area contributed by atoms with E-state index in [9.17, 15) is 19.1 Å². The quantitative estimate of drug-likeness (QED) is 0.882. The highest BCUT2D eigenvalue weighted by Gasteiger charge is 2.40. The number of aromatic nitrogens is 1. The highest BCUT2D eigenvalue weighted by atomic mass is 19.1. The van der Waals surface area contributed by atoms with Gasteiger partial charge in [0.25, 0.3) is 11.8 Å². The molecule has 5 rings (SSSR count). The van der Waals surface area contributed by atoms with Gasteiger partial charge in [0, 0.05) is 44.8 Å². The number of amides is 2. The van der Waals surface area contributed by atoms with Gasteiger partial charge in [0.15, 0.2) is 11.4 Å². The fourth-order valence-electron chi connectivity index (χ4n) is 4.32. The normalized spacial score (nSPS) is 19.0. The highest BCUT2D eigenvalue weighted by Crippen LogP contribution is 2.38. The minimum atomic E-state index is -0.317. The third kappa shape index (κ3) is 2.77. The molecule has 0 radical (unpaired) electrons. The summed E-state index contributed by atoms with van der Waals surface area (Å²) in [5, 5.41) is 10.8. The lowest BCUT2D eigenvalue weighted by Gasteiger charge is -2.31. The van der Waals surface area contributed by atoms with Crippen molar-refractivity contribution in [3.8, 4) is 5.75 Å². The average Bonchev–Trinajstić information content (AvgIpc) is 3.45. The Balaban J connectivity index is 1.43. The van der Waals surface area contributed by atoms with Crippen LogP contribution in [0.15, 0.2) is 24.3 Å². The van der Waals surface area contributed by atoms with Crippen LogP contribution in [0.1, 0.15) is 44.9 Å². The summed E-state index contributed by atoms with van der Waals surface area (Å²) in [6.07, 6.45) is 2.98. The minimum Gasteiger partial charge on any atom is -0.505 e. The Morgan fingerprint density at radius 1 is 1.00 bits per heavy atom. The number of hydrogen-bond acceptors (Lipinski definition) is 3. The Morgan fingerprint density at radius 3 is 2.46 bits per heavy atom. The van der Waals surface area contributed by atoms with Crippen molar-refractivity contribution in [2.45, 2.75) is 32.4 Å².